The van der Waals surface area contributed by atoms with Gasteiger partial charge in [0.1, 0.15) is 5.75 Å². The third-order valence-corrected chi connectivity index (χ3v) is 8.38. The second kappa shape index (κ2) is 7.03. The number of aliphatic hydroxyl groups is 1. The number of methoxy groups -OCH3 is 1. The maximum absolute atomic E-state index is 11.3. The molecule has 1 aromatic carbocycles. The molecule has 4 aliphatic rings. The van der Waals surface area contributed by atoms with Crippen LogP contribution in [0.25, 0.3) is 0 Å². The van der Waals surface area contributed by atoms with Crippen molar-refractivity contribution in [3.05, 3.63) is 53.6 Å². The Hall–Kier alpha value is -1.58. The van der Waals surface area contributed by atoms with E-state index >= 15 is 0 Å². The number of hydrogen-bond donors (Lipinski definition) is 2. The normalized spacial score (nSPS) is 38.9. The van der Waals surface area contributed by atoms with Gasteiger partial charge in [0, 0.05) is 18.5 Å². The molecular formula is C25H33NO2. The van der Waals surface area contributed by atoms with Gasteiger partial charge in [0.15, 0.2) is 0 Å². The Bertz CT molecular complexity index is 788. The monoisotopic (exact) mass is 379 g/mol. The molecule has 0 aromatic heterocycles. The Balaban J connectivity index is 1.35. The fraction of sp³-hybridized carbons (Fsp3) is 0.600. The van der Waals surface area contributed by atoms with Crippen LogP contribution in [0.15, 0.2) is 42.5 Å². The molecule has 0 saturated heterocycles. The van der Waals surface area contributed by atoms with Crippen molar-refractivity contribution >= 4 is 0 Å². The fourth-order valence-corrected chi connectivity index (χ4v) is 6.80. The first-order chi connectivity index (χ1) is 13.6. The zero-order valence-corrected chi connectivity index (χ0v) is 17.1. The molecular weight excluding hydrogens is 346 g/mol. The standard InChI is InChI=1S/C25H33NO2/c1-25-12-11-20-19-10-8-18(28-2)13-17(19)7-9-21(20)22(25)14-23(24(25)27)26-15-16-5-3-4-6-16/h3-6,8,10,13,16,20-24,26-27H,7,9,11-12,14-15H2,1-2H3/t20-,21-,22+,23+,24-,25+/m1/s1. The largest absolute Gasteiger partial charge is 0.497 e. The van der Waals surface area contributed by atoms with E-state index in [-0.39, 0.29) is 17.6 Å². The van der Waals surface area contributed by atoms with E-state index in [4.69, 9.17) is 4.74 Å². The second-order valence-corrected chi connectivity index (χ2v) is 9.65. The van der Waals surface area contributed by atoms with Crippen LogP contribution in [0, 0.1) is 23.2 Å². The predicted octanol–water partition coefficient (Wildman–Crippen LogP) is 4.22. The van der Waals surface area contributed by atoms with Crippen LogP contribution in [-0.2, 0) is 6.42 Å². The summed E-state index contributed by atoms with van der Waals surface area (Å²) >= 11 is 0. The Morgan fingerprint density at radius 2 is 2.04 bits per heavy atom. The third kappa shape index (κ3) is 2.86. The molecule has 1 aromatic rings. The quantitative estimate of drug-likeness (QED) is 0.823. The van der Waals surface area contributed by atoms with Crippen LogP contribution in [-0.4, -0.2) is 30.9 Å². The summed E-state index contributed by atoms with van der Waals surface area (Å²) in [6, 6.07) is 6.92. The van der Waals surface area contributed by atoms with Gasteiger partial charge in [0.25, 0.3) is 0 Å². The summed E-state index contributed by atoms with van der Waals surface area (Å²) in [4.78, 5) is 0. The Morgan fingerprint density at radius 1 is 1.21 bits per heavy atom. The number of fused-ring (bicyclic) bond motifs is 5. The molecule has 2 N–H and O–H groups in total. The van der Waals surface area contributed by atoms with E-state index < -0.39 is 0 Å². The van der Waals surface area contributed by atoms with E-state index in [2.05, 4.69) is 54.7 Å². The summed E-state index contributed by atoms with van der Waals surface area (Å²) in [5.74, 6) is 3.43. The highest BCUT2D eigenvalue weighted by molar-refractivity contribution is 5.40. The van der Waals surface area contributed by atoms with Crippen molar-refractivity contribution < 1.29 is 9.84 Å². The smallest absolute Gasteiger partial charge is 0.119 e. The lowest BCUT2D eigenvalue weighted by molar-refractivity contribution is -0.0280. The molecule has 5 rings (SSSR count). The van der Waals surface area contributed by atoms with E-state index in [1.807, 2.05) is 0 Å². The molecule has 0 heterocycles. The van der Waals surface area contributed by atoms with Crippen LogP contribution in [0.1, 0.15) is 49.7 Å². The van der Waals surface area contributed by atoms with E-state index in [0.717, 1.165) is 31.6 Å². The molecule has 28 heavy (non-hydrogen) atoms. The van der Waals surface area contributed by atoms with Gasteiger partial charge in [-0.3, -0.25) is 0 Å². The van der Waals surface area contributed by atoms with E-state index in [1.54, 1.807) is 12.7 Å². The number of aryl methyl sites for hydroxylation is 1. The van der Waals surface area contributed by atoms with Gasteiger partial charge in [-0.2, -0.15) is 0 Å². The van der Waals surface area contributed by atoms with Crippen molar-refractivity contribution in [2.24, 2.45) is 23.2 Å². The van der Waals surface area contributed by atoms with Crippen LogP contribution < -0.4 is 10.1 Å². The van der Waals surface area contributed by atoms with Crippen molar-refractivity contribution in [3.8, 4) is 5.75 Å². The summed E-state index contributed by atoms with van der Waals surface area (Å²) < 4.78 is 5.45. The number of ether oxygens (including phenoxy) is 1. The van der Waals surface area contributed by atoms with Crippen molar-refractivity contribution in [1.82, 2.24) is 5.32 Å². The average Bonchev–Trinajstić information content (AvgIpc) is 3.32. The maximum Gasteiger partial charge on any atom is 0.119 e. The van der Waals surface area contributed by atoms with E-state index in [0.29, 0.717) is 23.7 Å². The minimum absolute atomic E-state index is 0.0597. The van der Waals surface area contributed by atoms with Crippen LogP contribution in [0.2, 0.25) is 0 Å². The first kappa shape index (κ1) is 18.4. The molecule has 0 aliphatic heterocycles. The van der Waals surface area contributed by atoms with Gasteiger partial charge in [-0.25, -0.2) is 0 Å². The summed E-state index contributed by atoms with van der Waals surface area (Å²) in [5.41, 5.74) is 3.09. The molecule has 6 atom stereocenters. The predicted molar refractivity (Wildman–Crippen MR) is 113 cm³/mol. The topological polar surface area (TPSA) is 41.5 Å². The lowest BCUT2D eigenvalue weighted by Crippen LogP contribution is -2.47. The summed E-state index contributed by atoms with van der Waals surface area (Å²) in [6.45, 7) is 3.30. The van der Waals surface area contributed by atoms with Crippen LogP contribution in [0.4, 0.5) is 0 Å². The molecule has 3 heteroatoms. The highest BCUT2D eigenvalue weighted by atomic mass is 16.5. The van der Waals surface area contributed by atoms with Crippen molar-refractivity contribution in [3.63, 3.8) is 0 Å². The molecule has 0 bridgehead atoms. The molecule has 3 nitrogen and oxygen atoms in total. The van der Waals surface area contributed by atoms with Gasteiger partial charge in [0.2, 0.25) is 0 Å². The molecule has 2 fully saturated rings. The van der Waals surface area contributed by atoms with Gasteiger partial charge in [-0.15, -0.1) is 0 Å². The highest BCUT2D eigenvalue weighted by Crippen LogP contribution is 2.61. The van der Waals surface area contributed by atoms with Gasteiger partial charge in [0.05, 0.1) is 13.2 Å². The molecule has 0 amide bonds. The molecule has 150 valence electrons. The average molecular weight is 380 g/mol. The Labute approximate surface area is 168 Å². The minimum Gasteiger partial charge on any atom is -0.497 e. The Kier molecular flexibility index (Phi) is 4.64. The second-order valence-electron chi connectivity index (χ2n) is 9.65. The zero-order chi connectivity index (χ0) is 19.3. The summed E-state index contributed by atoms with van der Waals surface area (Å²) in [6.07, 6.45) is 14.3. The first-order valence-electron chi connectivity index (χ1n) is 11.0. The summed E-state index contributed by atoms with van der Waals surface area (Å²) in [7, 11) is 1.75. The lowest BCUT2D eigenvalue weighted by Gasteiger charge is -2.50. The van der Waals surface area contributed by atoms with Crippen LogP contribution in [0.3, 0.4) is 0 Å². The van der Waals surface area contributed by atoms with Crippen molar-refractivity contribution in [1.29, 1.82) is 0 Å². The minimum atomic E-state index is -0.231. The van der Waals surface area contributed by atoms with Crippen molar-refractivity contribution in [2.75, 3.05) is 13.7 Å². The van der Waals surface area contributed by atoms with Crippen LogP contribution >= 0.6 is 0 Å². The van der Waals surface area contributed by atoms with Gasteiger partial charge >= 0.3 is 0 Å². The van der Waals surface area contributed by atoms with Gasteiger partial charge < -0.3 is 15.2 Å². The van der Waals surface area contributed by atoms with Crippen LogP contribution in [0.5, 0.6) is 5.75 Å². The fourth-order valence-electron chi connectivity index (χ4n) is 6.80. The van der Waals surface area contributed by atoms with Gasteiger partial charge in [-0.1, -0.05) is 37.3 Å². The summed E-state index contributed by atoms with van der Waals surface area (Å²) in [5, 5.41) is 15.0. The Morgan fingerprint density at radius 3 is 2.82 bits per heavy atom. The maximum atomic E-state index is 11.3. The number of hydrogen-bond acceptors (Lipinski definition) is 3. The number of benzene rings is 1. The zero-order valence-electron chi connectivity index (χ0n) is 17.1. The molecule has 0 radical (unpaired) electrons. The molecule has 2 saturated carbocycles. The number of nitrogens with one attached hydrogen (secondary N) is 1. The molecule has 4 aliphatic carbocycles. The first-order valence-corrected chi connectivity index (χ1v) is 11.0. The number of allylic oxidation sites excluding steroid dienone is 2. The lowest BCUT2D eigenvalue weighted by atomic mass is 9.55. The highest BCUT2D eigenvalue weighted by Gasteiger charge is 2.57. The SMILES string of the molecule is COc1ccc2c(c1)CC[C@@H]1[C@@H]2CC[C@]2(C)[C@H](O)[C@@H](NCC3C=CC=C3)C[C@@H]12. The van der Waals surface area contributed by atoms with Crippen molar-refractivity contribution in [2.45, 2.75) is 57.1 Å². The molecule has 0 unspecified atom stereocenters. The number of aliphatic hydroxyl groups excluding tert-OH is 1. The van der Waals surface area contributed by atoms with E-state index in [1.165, 1.54) is 18.4 Å². The number of rotatable bonds is 4. The van der Waals surface area contributed by atoms with Gasteiger partial charge in [-0.05, 0) is 78.5 Å². The van der Waals surface area contributed by atoms with E-state index in [9.17, 15) is 5.11 Å². The third-order valence-electron chi connectivity index (χ3n) is 8.38. The molecule has 0 spiro atoms.